The molecule has 36 heavy (non-hydrogen) atoms. The maximum atomic E-state index is 13.0. The van der Waals surface area contributed by atoms with Crippen LogP contribution in [0, 0.1) is 5.92 Å². The van der Waals surface area contributed by atoms with E-state index in [0.717, 1.165) is 0 Å². The largest absolute Gasteiger partial charge is 0.481 e. The zero-order valence-electron chi connectivity index (χ0n) is 20.7. The SMILES string of the molecule is CSCCC(NC(=O)C(CC(=O)O)NC(=O)C(N)CC(C)C)C(=O)NC(Cc1ccccc1)C(=O)O. The van der Waals surface area contributed by atoms with Gasteiger partial charge >= 0.3 is 11.9 Å². The molecule has 0 aromatic heterocycles. The van der Waals surface area contributed by atoms with Crippen molar-refractivity contribution in [1.82, 2.24) is 16.0 Å². The molecular weight excluding hydrogens is 488 g/mol. The molecule has 7 N–H and O–H groups in total. The van der Waals surface area contributed by atoms with E-state index >= 15 is 0 Å². The summed E-state index contributed by atoms with van der Waals surface area (Å²) in [7, 11) is 0. The summed E-state index contributed by atoms with van der Waals surface area (Å²) in [6.07, 6.45) is 1.63. The average molecular weight is 525 g/mol. The van der Waals surface area contributed by atoms with Crippen LogP contribution in [0.1, 0.15) is 38.7 Å². The zero-order chi connectivity index (χ0) is 27.3. The molecule has 4 unspecified atom stereocenters. The van der Waals surface area contributed by atoms with Crippen molar-refractivity contribution in [3.05, 3.63) is 35.9 Å². The molecule has 0 saturated heterocycles. The van der Waals surface area contributed by atoms with Gasteiger partial charge in [-0.15, -0.1) is 0 Å². The highest BCUT2D eigenvalue weighted by Crippen LogP contribution is 2.08. The summed E-state index contributed by atoms with van der Waals surface area (Å²) in [5.74, 6) is -4.27. The minimum Gasteiger partial charge on any atom is -0.481 e. The number of nitrogens with one attached hydrogen (secondary N) is 3. The number of amides is 3. The van der Waals surface area contributed by atoms with Crippen molar-refractivity contribution in [1.29, 1.82) is 0 Å². The van der Waals surface area contributed by atoms with E-state index in [4.69, 9.17) is 5.73 Å². The molecule has 1 aromatic carbocycles. The van der Waals surface area contributed by atoms with Crippen LogP contribution in [0.4, 0.5) is 0 Å². The van der Waals surface area contributed by atoms with Crippen molar-refractivity contribution in [3.63, 3.8) is 0 Å². The Morgan fingerprint density at radius 2 is 1.44 bits per heavy atom. The standard InChI is InChI=1S/C24H36N4O7S/c1-14(2)11-16(25)21(31)27-18(13-20(29)30)23(33)26-17(9-10-36-3)22(32)28-19(24(34)35)12-15-7-5-4-6-8-15/h4-8,14,16-19H,9-13,25H2,1-3H3,(H,26,33)(H,27,31)(H,28,32)(H,29,30)(H,34,35). The Kier molecular flexibility index (Phi) is 13.6. The maximum absolute atomic E-state index is 13.0. The van der Waals surface area contributed by atoms with Crippen LogP contribution in [0.15, 0.2) is 30.3 Å². The van der Waals surface area contributed by atoms with Crippen molar-refractivity contribution in [2.45, 2.75) is 63.7 Å². The third-order valence-electron chi connectivity index (χ3n) is 5.21. The van der Waals surface area contributed by atoms with Gasteiger partial charge in [-0.05, 0) is 36.3 Å². The van der Waals surface area contributed by atoms with Gasteiger partial charge in [0.1, 0.15) is 18.1 Å². The highest BCUT2D eigenvalue weighted by Gasteiger charge is 2.31. The number of hydrogen-bond donors (Lipinski definition) is 6. The molecular formula is C24H36N4O7S. The average Bonchev–Trinajstić information content (AvgIpc) is 2.80. The Hall–Kier alpha value is -3.12. The molecule has 11 nitrogen and oxygen atoms in total. The first-order valence-corrected chi connectivity index (χ1v) is 13.0. The van der Waals surface area contributed by atoms with Crippen LogP contribution in [0.2, 0.25) is 0 Å². The lowest BCUT2D eigenvalue weighted by Gasteiger charge is -2.25. The molecule has 0 aliphatic carbocycles. The first-order chi connectivity index (χ1) is 16.9. The molecule has 0 bridgehead atoms. The number of aliphatic carboxylic acids is 2. The zero-order valence-corrected chi connectivity index (χ0v) is 21.5. The Balaban J connectivity index is 2.98. The summed E-state index contributed by atoms with van der Waals surface area (Å²) in [5.41, 5.74) is 6.55. The lowest BCUT2D eigenvalue weighted by atomic mass is 10.0. The van der Waals surface area contributed by atoms with Gasteiger partial charge in [0, 0.05) is 6.42 Å². The van der Waals surface area contributed by atoms with Gasteiger partial charge in [0.25, 0.3) is 0 Å². The number of rotatable bonds is 16. The highest BCUT2D eigenvalue weighted by molar-refractivity contribution is 7.98. The van der Waals surface area contributed by atoms with Gasteiger partial charge in [-0.2, -0.15) is 11.8 Å². The fourth-order valence-corrected chi connectivity index (χ4v) is 3.85. The molecule has 0 aliphatic rings. The van der Waals surface area contributed by atoms with E-state index < -0.39 is 60.2 Å². The second kappa shape index (κ2) is 15.8. The van der Waals surface area contributed by atoms with Crippen LogP contribution in [0.25, 0.3) is 0 Å². The summed E-state index contributed by atoms with van der Waals surface area (Å²) in [4.78, 5) is 61.4. The molecule has 0 radical (unpaired) electrons. The quantitative estimate of drug-likeness (QED) is 0.177. The fraction of sp³-hybridized carbons (Fsp3) is 0.542. The minimum atomic E-state index is -1.46. The Morgan fingerprint density at radius 3 is 1.97 bits per heavy atom. The number of carboxylic acids is 2. The Morgan fingerprint density at radius 1 is 0.889 bits per heavy atom. The van der Waals surface area contributed by atoms with Crippen molar-refractivity contribution in [2.24, 2.45) is 11.7 Å². The maximum Gasteiger partial charge on any atom is 0.326 e. The van der Waals surface area contributed by atoms with Crippen LogP contribution >= 0.6 is 11.8 Å². The van der Waals surface area contributed by atoms with Gasteiger partial charge in [-0.3, -0.25) is 19.2 Å². The lowest BCUT2D eigenvalue weighted by Crippen LogP contribution is -2.57. The summed E-state index contributed by atoms with van der Waals surface area (Å²) in [5, 5.41) is 26.1. The minimum absolute atomic E-state index is 0.0382. The predicted molar refractivity (Wildman–Crippen MR) is 136 cm³/mol. The molecule has 1 aromatic rings. The van der Waals surface area contributed by atoms with Gasteiger partial charge in [0.2, 0.25) is 17.7 Å². The van der Waals surface area contributed by atoms with Crippen LogP contribution in [0.5, 0.6) is 0 Å². The third-order valence-corrected chi connectivity index (χ3v) is 5.86. The van der Waals surface area contributed by atoms with E-state index in [0.29, 0.717) is 17.7 Å². The number of nitrogens with two attached hydrogens (primary N) is 1. The number of carboxylic acid groups (broad SMARTS) is 2. The monoisotopic (exact) mass is 524 g/mol. The highest BCUT2D eigenvalue weighted by atomic mass is 32.2. The summed E-state index contributed by atoms with van der Waals surface area (Å²) in [6.45, 7) is 3.73. The van der Waals surface area contributed by atoms with E-state index in [9.17, 15) is 34.2 Å². The molecule has 0 heterocycles. The molecule has 12 heteroatoms. The van der Waals surface area contributed by atoms with Crippen molar-refractivity contribution in [3.8, 4) is 0 Å². The molecule has 3 amide bonds. The smallest absolute Gasteiger partial charge is 0.326 e. The first-order valence-electron chi connectivity index (χ1n) is 11.6. The van der Waals surface area contributed by atoms with Crippen molar-refractivity contribution < 1.29 is 34.2 Å². The van der Waals surface area contributed by atoms with E-state index in [1.165, 1.54) is 11.8 Å². The second-order valence-corrected chi connectivity index (χ2v) is 9.81. The number of hydrogen-bond acceptors (Lipinski definition) is 7. The first kappa shape index (κ1) is 30.9. The van der Waals surface area contributed by atoms with E-state index in [1.807, 2.05) is 13.8 Å². The molecule has 0 saturated carbocycles. The molecule has 0 fully saturated rings. The van der Waals surface area contributed by atoms with E-state index in [1.54, 1.807) is 36.6 Å². The Bertz CT molecular complexity index is 898. The predicted octanol–water partition coefficient (Wildman–Crippen LogP) is 0.369. The van der Waals surface area contributed by atoms with E-state index in [2.05, 4.69) is 16.0 Å². The van der Waals surface area contributed by atoms with Crippen LogP contribution in [0.3, 0.4) is 0 Å². The second-order valence-electron chi connectivity index (χ2n) is 8.83. The molecule has 1 rings (SSSR count). The van der Waals surface area contributed by atoms with Gasteiger partial charge in [0.15, 0.2) is 0 Å². The molecule has 200 valence electrons. The van der Waals surface area contributed by atoms with Crippen LogP contribution in [-0.4, -0.2) is 76.0 Å². The third kappa shape index (κ3) is 11.5. The number of carbonyl (C=O) groups is 5. The topological polar surface area (TPSA) is 188 Å². The molecule has 0 spiro atoms. The van der Waals surface area contributed by atoms with Gasteiger partial charge < -0.3 is 31.9 Å². The lowest BCUT2D eigenvalue weighted by molar-refractivity contribution is -0.143. The molecule has 4 atom stereocenters. The normalized spacial score (nSPS) is 14.2. The molecule has 0 aliphatic heterocycles. The Labute approximate surface area is 215 Å². The number of carbonyl (C=O) groups excluding carboxylic acids is 3. The fourth-order valence-electron chi connectivity index (χ4n) is 3.38. The van der Waals surface area contributed by atoms with Crippen molar-refractivity contribution >= 4 is 41.4 Å². The summed E-state index contributed by atoms with van der Waals surface area (Å²) < 4.78 is 0. The van der Waals surface area contributed by atoms with Crippen molar-refractivity contribution in [2.75, 3.05) is 12.0 Å². The van der Waals surface area contributed by atoms with Gasteiger partial charge in [-0.1, -0.05) is 44.2 Å². The van der Waals surface area contributed by atoms with Crippen LogP contribution in [-0.2, 0) is 30.4 Å². The number of benzene rings is 1. The summed E-state index contributed by atoms with van der Waals surface area (Å²) >= 11 is 1.41. The van der Waals surface area contributed by atoms with Gasteiger partial charge in [-0.25, -0.2) is 4.79 Å². The van der Waals surface area contributed by atoms with Gasteiger partial charge in [0.05, 0.1) is 12.5 Å². The summed E-state index contributed by atoms with van der Waals surface area (Å²) in [6, 6.07) is 3.99. The van der Waals surface area contributed by atoms with E-state index in [-0.39, 0.29) is 18.8 Å². The number of thioether (sulfide) groups is 1. The van der Waals surface area contributed by atoms with Crippen LogP contribution < -0.4 is 21.7 Å².